The number of hydrogen-bond donors (Lipinski definition) is 0. The third-order valence-electron chi connectivity index (χ3n) is 3.70. The highest BCUT2D eigenvalue weighted by molar-refractivity contribution is 7.16. The Bertz CT molecular complexity index is 599. The number of carbonyl (C=O) groups excluding carboxylic acids is 1. The summed E-state index contributed by atoms with van der Waals surface area (Å²) in [5, 5.41) is 3.93. The third-order valence-corrected chi connectivity index (χ3v) is 4.93. The number of hydrogen-bond acceptors (Lipinski definition) is 5. The molecule has 0 aliphatic carbocycles. The number of nitrogens with zero attached hydrogens (tertiary/aromatic N) is 3. The highest BCUT2D eigenvalue weighted by Crippen LogP contribution is 2.29. The molecule has 1 aliphatic heterocycles. The largest absolute Gasteiger partial charge is 0.343 e. The maximum absolute atomic E-state index is 12.6. The van der Waals surface area contributed by atoms with Crippen LogP contribution in [-0.4, -0.2) is 27.5 Å². The molecule has 3 rings (SSSR count). The van der Waals surface area contributed by atoms with Crippen molar-refractivity contribution in [3.8, 4) is 0 Å². The lowest BCUT2D eigenvalue weighted by Gasteiger charge is -2.27. The number of likely N-dealkylation sites (tertiary alicyclic amines) is 1. The smallest absolute Gasteiger partial charge is 0.228 e. The molecule has 0 spiro atoms. The van der Waals surface area contributed by atoms with Crippen molar-refractivity contribution < 1.29 is 9.32 Å². The summed E-state index contributed by atoms with van der Waals surface area (Å²) in [6, 6.07) is 3.66. The fourth-order valence-corrected chi connectivity index (χ4v) is 3.78. The molecule has 0 N–H and O–H groups in total. The van der Waals surface area contributed by atoms with E-state index in [0.717, 1.165) is 37.1 Å². The molecular weight excluding hydrogens is 310 g/mol. The Balaban J connectivity index is 1.77. The average Bonchev–Trinajstić information content (AvgIpc) is 3.06. The normalized spacial score (nSPS) is 19.5. The van der Waals surface area contributed by atoms with Crippen LogP contribution in [-0.2, 0) is 11.2 Å². The Labute approximate surface area is 131 Å². The van der Waals surface area contributed by atoms with Crippen LogP contribution in [0.1, 0.15) is 42.4 Å². The van der Waals surface area contributed by atoms with Gasteiger partial charge in [-0.3, -0.25) is 4.79 Å². The quantitative estimate of drug-likeness (QED) is 0.867. The van der Waals surface area contributed by atoms with Crippen LogP contribution in [0.15, 0.2) is 23.0 Å². The van der Waals surface area contributed by atoms with Gasteiger partial charge in [-0.2, -0.15) is 4.98 Å². The van der Waals surface area contributed by atoms with Gasteiger partial charge in [0.25, 0.3) is 0 Å². The molecule has 112 valence electrons. The zero-order chi connectivity index (χ0) is 14.7. The van der Waals surface area contributed by atoms with E-state index >= 15 is 0 Å². The van der Waals surface area contributed by atoms with Crippen LogP contribution in [0, 0.1) is 0 Å². The molecule has 0 bridgehead atoms. The van der Waals surface area contributed by atoms with E-state index < -0.39 is 0 Å². The topological polar surface area (TPSA) is 59.2 Å². The maximum Gasteiger partial charge on any atom is 0.228 e. The summed E-state index contributed by atoms with van der Waals surface area (Å²) in [6.45, 7) is 0.747. The van der Waals surface area contributed by atoms with Crippen molar-refractivity contribution >= 4 is 28.8 Å². The molecule has 7 heteroatoms. The molecule has 1 amide bonds. The van der Waals surface area contributed by atoms with Crippen LogP contribution in [0.2, 0.25) is 4.34 Å². The number of thiophene rings is 1. The number of carbonyl (C=O) groups is 1. The lowest BCUT2D eigenvalue weighted by molar-refractivity contribution is -0.133. The van der Waals surface area contributed by atoms with Gasteiger partial charge in [0, 0.05) is 11.4 Å². The molecule has 1 atom stereocenters. The van der Waals surface area contributed by atoms with Gasteiger partial charge in [-0.25, -0.2) is 0 Å². The lowest BCUT2D eigenvalue weighted by atomic mass is 10.1. The number of amides is 1. The molecule has 1 aliphatic rings. The molecule has 0 saturated carbocycles. The first-order valence-corrected chi connectivity index (χ1v) is 8.23. The first-order valence-electron chi connectivity index (χ1n) is 7.04. The Morgan fingerprint density at radius 1 is 1.43 bits per heavy atom. The van der Waals surface area contributed by atoms with Crippen molar-refractivity contribution in [3.63, 3.8) is 0 Å². The van der Waals surface area contributed by atoms with Gasteiger partial charge >= 0.3 is 0 Å². The molecule has 1 fully saturated rings. The zero-order valence-corrected chi connectivity index (χ0v) is 13.1. The minimum atomic E-state index is -0.0748. The van der Waals surface area contributed by atoms with E-state index in [1.54, 1.807) is 0 Å². The predicted octanol–water partition coefficient (Wildman–Crippen LogP) is 3.47. The van der Waals surface area contributed by atoms with Crippen molar-refractivity contribution in [1.29, 1.82) is 0 Å². The molecule has 0 unspecified atom stereocenters. The predicted molar refractivity (Wildman–Crippen MR) is 80.3 cm³/mol. The monoisotopic (exact) mass is 325 g/mol. The van der Waals surface area contributed by atoms with Crippen molar-refractivity contribution in [2.75, 3.05) is 6.54 Å². The molecule has 5 nitrogen and oxygen atoms in total. The van der Waals surface area contributed by atoms with E-state index in [9.17, 15) is 4.79 Å². The second kappa shape index (κ2) is 6.58. The van der Waals surface area contributed by atoms with Crippen molar-refractivity contribution in [2.24, 2.45) is 0 Å². The van der Waals surface area contributed by atoms with E-state index in [4.69, 9.17) is 16.1 Å². The zero-order valence-electron chi connectivity index (χ0n) is 11.5. The molecule has 0 radical (unpaired) electrons. The van der Waals surface area contributed by atoms with E-state index in [2.05, 4.69) is 10.1 Å². The van der Waals surface area contributed by atoms with Crippen LogP contribution in [0.5, 0.6) is 0 Å². The number of aromatic nitrogens is 2. The summed E-state index contributed by atoms with van der Waals surface area (Å²) in [6.07, 6.45) is 5.81. The Kier molecular flexibility index (Phi) is 4.55. The van der Waals surface area contributed by atoms with Crippen LogP contribution in [0.4, 0.5) is 0 Å². The van der Waals surface area contributed by atoms with E-state index in [-0.39, 0.29) is 11.9 Å². The maximum atomic E-state index is 12.6. The molecule has 2 aromatic rings. The summed E-state index contributed by atoms with van der Waals surface area (Å²) in [4.78, 5) is 19.7. The van der Waals surface area contributed by atoms with Crippen molar-refractivity contribution in [2.45, 2.75) is 38.1 Å². The first-order chi connectivity index (χ1) is 10.2. The van der Waals surface area contributed by atoms with Gasteiger partial charge in [0.2, 0.25) is 12.3 Å². The summed E-state index contributed by atoms with van der Waals surface area (Å²) in [7, 11) is 0. The van der Waals surface area contributed by atoms with Gasteiger partial charge in [-0.1, -0.05) is 29.6 Å². The van der Waals surface area contributed by atoms with Gasteiger partial charge in [0.15, 0.2) is 5.82 Å². The Morgan fingerprint density at radius 3 is 3.05 bits per heavy atom. The SMILES string of the molecule is O=C(Cc1ccc(Cl)s1)N1CCCCC[C@H]1c1ncon1. The second-order valence-electron chi connectivity index (χ2n) is 5.12. The minimum Gasteiger partial charge on any atom is -0.343 e. The van der Waals surface area contributed by atoms with E-state index in [0.29, 0.717) is 16.6 Å². The Hall–Kier alpha value is -1.40. The highest BCUT2D eigenvalue weighted by atomic mass is 35.5. The van der Waals surface area contributed by atoms with Crippen LogP contribution in [0.3, 0.4) is 0 Å². The van der Waals surface area contributed by atoms with Gasteiger partial charge in [-0.15, -0.1) is 11.3 Å². The highest BCUT2D eigenvalue weighted by Gasteiger charge is 2.29. The Morgan fingerprint density at radius 2 is 2.33 bits per heavy atom. The standard InChI is InChI=1S/C14H16ClN3O2S/c15-12-6-5-10(21-12)8-13(19)18-7-3-1-2-4-11(18)14-16-9-20-17-14/h5-6,9,11H,1-4,7-8H2/t11-/m0/s1. The third kappa shape index (κ3) is 3.44. The summed E-state index contributed by atoms with van der Waals surface area (Å²) >= 11 is 7.38. The van der Waals surface area contributed by atoms with Gasteiger partial charge < -0.3 is 9.42 Å². The van der Waals surface area contributed by atoms with Crippen LogP contribution >= 0.6 is 22.9 Å². The van der Waals surface area contributed by atoms with Gasteiger partial charge in [-0.05, 0) is 25.0 Å². The fraction of sp³-hybridized carbons (Fsp3) is 0.500. The fourth-order valence-electron chi connectivity index (χ4n) is 2.70. The number of halogens is 1. The van der Waals surface area contributed by atoms with Gasteiger partial charge in [0.05, 0.1) is 16.8 Å². The summed E-state index contributed by atoms with van der Waals surface area (Å²) in [5.74, 6) is 0.708. The number of rotatable bonds is 3. The molecule has 2 aromatic heterocycles. The van der Waals surface area contributed by atoms with E-state index in [1.807, 2.05) is 17.0 Å². The van der Waals surface area contributed by atoms with E-state index in [1.165, 1.54) is 17.7 Å². The molecule has 3 heterocycles. The average molecular weight is 326 g/mol. The minimum absolute atomic E-state index is 0.0748. The first kappa shape index (κ1) is 14.5. The van der Waals surface area contributed by atoms with Gasteiger partial charge in [0.1, 0.15) is 0 Å². The molecule has 21 heavy (non-hydrogen) atoms. The molecule has 1 saturated heterocycles. The summed E-state index contributed by atoms with van der Waals surface area (Å²) in [5.41, 5.74) is 0. The lowest BCUT2D eigenvalue weighted by Crippen LogP contribution is -2.36. The molecular formula is C14H16ClN3O2S. The van der Waals surface area contributed by atoms with Crippen molar-refractivity contribution in [3.05, 3.63) is 33.6 Å². The molecule has 0 aromatic carbocycles. The van der Waals surface area contributed by atoms with Crippen molar-refractivity contribution in [1.82, 2.24) is 15.0 Å². The van der Waals surface area contributed by atoms with Crippen LogP contribution < -0.4 is 0 Å². The second-order valence-corrected chi connectivity index (χ2v) is 6.92. The van der Waals surface area contributed by atoms with Crippen LogP contribution in [0.25, 0.3) is 0 Å². The summed E-state index contributed by atoms with van der Waals surface area (Å²) < 4.78 is 5.56.